The van der Waals surface area contributed by atoms with Crippen LogP contribution in [0.5, 0.6) is 0 Å². The first-order valence-corrected chi connectivity index (χ1v) is 6.64. The lowest BCUT2D eigenvalue weighted by molar-refractivity contribution is -0.131. The van der Waals surface area contributed by atoms with Gasteiger partial charge in [-0.25, -0.2) is 4.79 Å². The third-order valence-corrected chi connectivity index (χ3v) is 3.52. The van der Waals surface area contributed by atoms with Gasteiger partial charge in [0.1, 0.15) is 0 Å². The van der Waals surface area contributed by atoms with Crippen LogP contribution in [0, 0.1) is 20.8 Å². The van der Waals surface area contributed by atoms with E-state index < -0.39 is 5.97 Å². The first kappa shape index (κ1) is 14.4. The molecular weight excluding hydrogens is 274 g/mol. The van der Waals surface area contributed by atoms with Crippen LogP contribution in [-0.4, -0.2) is 15.6 Å². The van der Waals surface area contributed by atoms with Crippen molar-refractivity contribution in [1.82, 2.24) is 4.57 Å². The molecule has 1 N–H and O–H groups in total. The van der Waals surface area contributed by atoms with Crippen LogP contribution in [0.4, 0.5) is 0 Å². The average Bonchev–Trinajstić information content (AvgIpc) is 2.65. The van der Waals surface area contributed by atoms with E-state index in [-0.39, 0.29) is 0 Å². The molecule has 0 unspecified atom stereocenters. The second-order valence-corrected chi connectivity index (χ2v) is 5.20. The minimum atomic E-state index is -0.950. The smallest absolute Gasteiger partial charge is 0.328 e. The fourth-order valence-corrected chi connectivity index (χ4v) is 2.48. The molecule has 0 spiro atoms. The molecular formula is C16H16ClNO2. The molecule has 0 aliphatic carbocycles. The number of aryl methyl sites for hydroxylation is 2. The van der Waals surface area contributed by atoms with Gasteiger partial charge in [-0.05, 0) is 56.2 Å². The van der Waals surface area contributed by atoms with Crippen molar-refractivity contribution in [3.05, 3.63) is 57.9 Å². The number of carbonyl (C=O) groups is 1. The number of carboxylic acids is 1. The number of nitrogens with zero attached hydrogens (tertiary/aromatic N) is 1. The number of benzene rings is 1. The Morgan fingerprint density at radius 1 is 1.25 bits per heavy atom. The lowest BCUT2D eigenvalue weighted by atomic mass is 10.2. The molecule has 1 aromatic carbocycles. The van der Waals surface area contributed by atoms with Crippen LogP contribution in [0.2, 0.25) is 5.02 Å². The Morgan fingerprint density at radius 3 is 2.60 bits per heavy atom. The Labute approximate surface area is 123 Å². The van der Waals surface area contributed by atoms with Crippen LogP contribution in [0.25, 0.3) is 11.8 Å². The molecule has 20 heavy (non-hydrogen) atoms. The van der Waals surface area contributed by atoms with Gasteiger partial charge in [-0.2, -0.15) is 0 Å². The van der Waals surface area contributed by atoms with Gasteiger partial charge in [0.15, 0.2) is 0 Å². The molecule has 104 valence electrons. The summed E-state index contributed by atoms with van der Waals surface area (Å²) in [7, 11) is 0. The van der Waals surface area contributed by atoms with Crippen molar-refractivity contribution < 1.29 is 9.90 Å². The summed E-state index contributed by atoms with van der Waals surface area (Å²) in [5.41, 5.74) is 5.06. The molecule has 0 bridgehead atoms. The third-order valence-electron chi connectivity index (χ3n) is 3.29. The topological polar surface area (TPSA) is 42.2 Å². The quantitative estimate of drug-likeness (QED) is 0.862. The van der Waals surface area contributed by atoms with Gasteiger partial charge in [0, 0.05) is 28.2 Å². The molecule has 0 atom stereocenters. The zero-order valence-corrected chi connectivity index (χ0v) is 12.4. The molecule has 0 fully saturated rings. The van der Waals surface area contributed by atoms with E-state index in [4.69, 9.17) is 16.7 Å². The van der Waals surface area contributed by atoms with Gasteiger partial charge >= 0.3 is 5.97 Å². The van der Waals surface area contributed by atoms with E-state index in [0.29, 0.717) is 5.02 Å². The number of halogens is 1. The molecule has 0 aliphatic heterocycles. The molecule has 0 amide bonds. The fourth-order valence-electron chi connectivity index (χ4n) is 2.31. The molecule has 2 rings (SSSR count). The molecule has 2 aromatic rings. The van der Waals surface area contributed by atoms with Gasteiger partial charge in [0.05, 0.1) is 0 Å². The summed E-state index contributed by atoms with van der Waals surface area (Å²) < 4.78 is 2.09. The number of aromatic nitrogens is 1. The highest BCUT2D eigenvalue weighted by atomic mass is 35.5. The summed E-state index contributed by atoms with van der Waals surface area (Å²) in [5, 5.41) is 9.41. The summed E-state index contributed by atoms with van der Waals surface area (Å²) in [6.07, 6.45) is 2.76. The molecule has 0 saturated heterocycles. The Balaban J connectivity index is 2.58. The van der Waals surface area contributed by atoms with Crippen LogP contribution in [0.15, 0.2) is 30.3 Å². The van der Waals surface area contributed by atoms with E-state index in [1.54, 1.807) is 6.08 Å². The number of rotatable bonds is 3. The highest BCUT2D eigenvalue weighted by Gasteiger charge is 2.11. The standard InChI is InChI=1S/C16H16ClNO2/c1-10-4-6-14(17)9-15(10)18-11(2)8-13(12(18)3)5-7-16(19)20/h4-9H,1-3H3,(H,19,20)/b7-5+. The van der Waals surface area contributed by atoms with Gasteiger partial charge in [0.25, 0.3) is 0 Å². The number of hydrogen-bond acceptors (Lipinski definition) is 1. The van der Waals surface area contributed by atoms with Crippen molar-refractivity contribution in [2.24, 2.45) is 0 Å². The largest absolute Gasteiger partial charge is 0.478 e. The van der Waals surface area contributed by atoms with E-state index in [2.05, 4.69) is 4.57 Å². The summed E-state index contributed by atoms with van der Waals surface area (Å²) in [5.74, 6) is -0.950. The van der Waals surface area contributed by atoms with Crippen LogP contribution in [0.3, 0.4) is 0 Å². The van der Waals surface area contributed by atoms with Crippen molar-refractivity contribution >= 4 is 23.6 Å². The van der Waals surface area contributed by atoms with E-state index >= 15 is 0 Å². The minimum Gasteiger partial charge on any atom is -0.478 e. The number of aliphatic carboxylic acids is 1. The fraction of sp³-hybridized carbons (Fsp3) is 0.188. The molecule has 3 nitrogen and oxygen atoms in total. The van der Waals surface area contributed by atoms with Gasteiger partial charge in [-0.1, -0.05) is 17.7 Å². The van der Waals surface area contributed by atoms with Crippen LogP contribution >= 0.6 is 11.6 Å². The minimum absolute atomic E-state index is 0.681. The summed E-state index contributed by atoms with van der Waals surface area (Å²) in [6.45, 7) is 5.98. The maximum absolute atomic E-state index is 10.6. The second kappa shape index (κ2) is 5.55. The summed E-state index contributed by atoms with van der Waals surface area (Å²) in [6, 6.07) is 7.72. The van der Waals surface area contributed by atoms with Crippen LogP contribution in [0.1, 0.15) is 22.5 Å². The van der Waals surface area contributed by atoms with Crippen molar-refractivity contribution in [2.45, 2.75) is 20.8 Å². The Kier molecular flexibility index (Phi) is 4.00. The highest BCUT2D eigenvalue weighted by Crippen LogP contribution is 2.26. The lowest BCUT2D eigenvalue weighted by Gasteiger charge is -2.13. The first-order chi connectivity index (χ1) is 9.40. The van der Waals surface area contributed by atoms with E-state index in [9.17, 15) is 4.79 Å². The number of hydrogen-bond donors (Lipinski definition) is 1. The maximum Gasteiger partial charge on any atom is 0.328 e. The molecule has 0 saturated carbocycles. The van der Waals surface area contributed by atoms with E-state index in [0.717, 1.165) is 34.3 Å². The van der Waals surface area contributed by atoms with E-state index in [1.165, 1.54) is 0 Å². The first-order valence-electron chi connectivity index (χ1n) is 6.26. The van der Waals surface area contributed by atoms with E-state index in [1.807, 2.05) is 45.0 Å². The summed E-state index contributed by atoms with van der Waals surface area (Å²) in [4.78, 5) is 10.6. The molecule has 0 aliphatic rings. The molecule has 1 heterocycles. The molecule has 1 aromatic heterocycles. The zero-order valence-electron chi connectivity index (χ0n) is 11.6. The number of carboxylic acid groups (broad SMARTS) is 1. The van der Waals surface area contributed by atoms with Gasteiger partial charge in [-0.3, -0.25) is 0 Å². The van der Waals surface area contributed by atoms with Crippen molar-refractivity contribution in [2.75, 3.05) is 0 Å². The monoisotopic (exact) mass is 289 g/mol. The van der Waals surface area contributed by atoms with Crippen molar-refractivity contribution in [1.29, 1.82) is 0 Å². The second-order valence-electron chi connectivity index (χ2n) is 4.76. The zero-order chi connectivity index (χ0) is 14.9. The van der Waals surface area contributed by atoms with Gasteiger partial charge in [-0.15, -0.1) is 0 Å². The highest BCUT2D eigenvalue weighted by molar-refractivity contribution is 6.30. The van der Waals surface area contributed by atoms with Crippen LogP contribution < -0.4 is 0 Å². The summed E-state index contributed by atoms with van der Waals surface area (Å²) >= 11 is 6.08. The Morgan fingerprint density at radius 2 is 1.95 bits per heavy atom. The predicted octanol–water partition coefficient (Wildman–Crippen LogP) is 4.15. The Bertz CT molecular complexity index is 699. The normalized spacial score (nSPS) is 11.2. The van der Waals surface area contributed by atoms with Crippen molar-refractivity contribution in [3.8, 4) is 5.69 Å². The average molecular weight is 290 g/mol. The third kappa shape index (κ3) is 2.78. The van der Waals surface area contributed by atoms with Crippen molar-refractivity contribution in [3.63, 3.8) is 0 Å². The predicted molar refractivity (Wildman–Crippen MR) is 81.7 cm³/mol. The maximum atomic E-state index is 10.6. The van der Waals surface area contributed by atoms with Gasteiger partial charge < -0.3 is 9.67 Å². The van der Waals surface area contributed by atoms with Gasteiger partial charge in [0.2, 0.25) is 0 Å². The Hall–Kier alpha value is -2.00. The lowest BCUT2D eigenvalue weighted by Crippen LogP contribution is -2.01. The molecule has 4 heteroatoms. The molecule has 0 radical (unpaired) electrons. The van der Waals surface area contributed by atoms with Crippen LogP contribution in [-0.2, 0) is 4.79 Å². The SMILES string of the molecule is Cc1ccc(Cl)cc1-n1c(C)cc(/C=C/C(=O)O)c1C.